The Hall–Kier alpha value is -2.57. The Kier molecular flexibility index (Phi) is 6.78. The topological polar surface area (TPSA) is 73.0 Å². The van der Waals surface area contributed by atoms with Crippen molar-refractivity contribution in [1.82, 2.24) is 15.1 Å². The number of urea groups is 1. The monoisotopic (exact) mass is 426 g/mol. The van der Waals surface area contributed by atoms with Gasteiger partial charge in [0.1, 0.15) is 0 Å². The fraction of sp³-hybridized carbons (Fsp3) is 0.625. The molecule has 7 nitrogen and oxygen atoms in total. The molecule has 0 bridgehead atoms. The van der Waals surface area contributed by atoms with E-state index >= 15 is 0 Å². The number of nitrogens with one attached hydrogen (secondary N) is 1. The third-order valence-corrected chi connectivity index (χ3v) is 7.03. The molecular weight excluding hydrogens is 392 g/mol. The van der Waals surface area contributed by atoms with Gasteiger partial charge in [-0.1, -0.05) is 38.0 Å². The number of imide groups is 1. The molecule has 1 aromatic rings. The van der Waals surface area contributed by atoms with E-state index in [4.69, 9.17) is 0 Å². The first kappa shape index (κ1) is 21.7. The lowest BCUT2D eigenvalue weighted by molar-refractivity contribution is -0.142. The Labute approximate surface area is 184 Å². The van der Waals surface area contributed by atoms with Crippen LogP contribution in [0.4, 0.5) is 10.5 Å². The summed E-state index contributed by atoms with van der Waals surface area (Å²) in [6.07, 6.45) is 4.89. The maximum absolute atomic E-state index is 13.2. The van der Waals surface area contributed by atoms with Crippen molar-refractivity contribution in [3.05, 3.63) is 30.3 Å². The average Bonchev–Trinajstić information content (AvgIpc) is 2.81. The molecule has 3 unspecified atom stereocenters. The van der Waals surface area contributed by atoms with Crippen LogP contribution in [0.3, 0.4) is 0 Å². The van der Waals surface area contributed by atoms with E-state index in [0.29, 0.717) is 19.4 Å². The highest BCUT2D eigenvalue weighted by molar-refractivity contribution is 5.99. The zero-order valence-electron chi connectivity index (χ0n) is 18.5. The number of amides is 4. The van der Waals surface area contributed by atoms with Gasteiger partial charge in [-0.05, 0) is 37.8 Å². The van der Waals surface area contributed by atoms with E-state index < -0.39 is 0 Å². The molecule has 3 aliphatic rings. The van der Waals surface area contributed by atoms with Crippen LogP contribution in [-0.4, -0.2) is 66.4 Å². The summed E-state index contributed by atoms with van der Waals surface area (Å²) in [5, 5.41) is 3.03. The Bertz CT molecular complexity index is 791. The van der Waals surface area contributed by atoms with Crippen molar-refractivity contribution in [1.29, 1.82) is 0 Å². The molecule has 2 saturated heterocycles. The minimum atomic E-state index is -0.285. The Morgan fingerprint density at radius 3 is 2.48 bits per heavy atom. The maximum atomic E-state index is 13.2. The van der Waals surface area contributed by atoms with E-state index in [-0.39, 0.29) is 35.7 Å². The van der Waals surface area contributed by atoms with E-state index in [2.05, 4.69) is 29.3 Å². The molecule has 1 aliphatic carbocycles. The SMILES string of the molecule is CCCCCN1C(=O)NC2CC(C(=O)N3CCN(c4ccccc4)CC3)CCC2C1=O. The van der Waals surface area contributed by atoms with Crippen LogP contribution < -0.4 is 10.2 Å². The van der Waals surface area contributed by atoms with Gasteiger partial charge in [0.25, 0.3) is 0 Å². The summed E-state index contributed by atoms with van der Waals surface area (Å²) in [5.41, 5.74) is 1.20. The highest BCUT2D eigenvalue weighted by atomic mass is 16.2. The molecule has 0 radical (unpaired) electrons. The highest BCUT2D eigenvalue weighted by Crippen LogP contribution is 2.34. The fourth-order valence-corrected chi connectivity index (χ4v) is 5.20. The van der Waals surface area contributed by atoms with Gasteiger partial charge >= 0.3 is 6.03 Å². The van der Waals surface area contributed by atoms with Gasteiger partial charge in [-0.3, -0.25) is 14.5 Å². The van der Waals surface area contributed by atoms with Crippen LogP contribution in [-0.2, 0) is 9.59 Å². The lowest BCUT2D eigenvalue weighted by Crippen LogP contribution is -2.62. The molecular formula is C24H34N4O3. The van der Waals surface area contributed by atoms with Crippen molar-refractivity contribution < 1.29 is 14.4 Å². The summed E-state index contributed by atoms with van der Waals surface area (Å²) in [5.74, 6) is -0.159. The van der Waals surface area contributed by atoms with Gasteiger partial charge in [-0.15, -0.1) is 0 Å². The smallest absolute Gasteiger partial charge is 0.324 e. The molecule has 2 heterocycles. The van der Waals surface area contributed by atoms with E-state index in [9.17, 15) is 14.4 Å². The summed E-state index contributed by atoms with van der Waals surface area (Å²) >= 11 is 0. The van der Waals surface area contributed by atoms with E-state index in [1.165, 1.54) is 10.6 Å². The number of fused-ring (bicyclic) bond motifs is 1. The van der Waals surface area contributed by atoms with Crippen molar-refractivity contribution in [2.45, 2.75) is 51.5 Å². The van der Waals surface area contributed by atoms with Crippen LogP contribution in [0.15, 0.2) is 30.3 Å². The maximum Gasteiger partial charge on any atom is 0.324 e. The third kappa shape index (κ3) is 4.70. The number of benzene rings is 1. The van der Waals surface area contributed by atoms with Crippen molar-refractivity contribution in [3.8, 4) is 0 Å². The van der Waals surface area contributed by atoms with Crippen molar-refractivity contribution in [2.24, 2.45) is 11.8 Å². The second kappa shape index (κ2) is 9.71. The number of unbranched alkanes of at least 4 members (excludes halogenated alkanes) is 2. The first-order chi connectivity index (χ1) is 15.1. The number of para-hydroxylation sites is 1. The number of rotatable bonds is 6. The largest absolute Gasteiger partial charge is 0.368 e. The fourth-order valence-electron chi connectivity index (χ4n) is 5.20. The van der Waals surface area contributed by atoms with Crippen molar-refractivity contribution in [2.75, 3.05) is 37.6 Å². The van der Waals surface area contributed by atoms with E-state index in [0.717, 1.165) is 51.9 Å². The number of carbonyl (C=O) groups is 3. The second-order valence-electron chi connectivity index (χ2n) is 9.02. The van der Waals surface area contributed by atoms with Gasteiger partial charge in [0, 0.05) is 50.4 Å². The van der Waals surface area contributed by atoms with E-state index in [1.54, 1.807) is 0 Å². The molecule has 3 fully saturated rings. The summed E-state index contributed by atoms with van der Waals surface area (Å²) in [6.45, 7) is 5.69. The molecule has 2 aliphatic heterocycles. The summed E-state index contributed by atoms with van der Waals surface area (Å²) in [4.78, 5) is 44.2. The number of hydrogen-bond donors (Lipinski definition) is 1. The third-order valence-electron chi connectivity index (χ3n) is 7.03. The van der Waals surface area contributed by atoms with Crippen LogP contribution in [0.25, 0.3) is 0 Å². The normalized spacial score (nSPS) is 26.5. The standard InChI is InChI=1S/C24H34N4O3/c1-2-3-7-12-28-23(30)20-11-10-18(17-21(20)25-24(28)31)22(29)27-15-13-26(14-16-27)19-8-5-4-6-9-19/h4-6,8-9,18,20-21H,2-3,7,10-17H2,1H3,(H,25,31). The Morgan fingerprint density at radius 1 is 1.03 bits per heavy atom. The van der Waals surface area contributed by atoms with Crippen molar-refractivity contribution in [3.63, 3.8) is 0 Å². The molecule has 0 spiro atoms. The van der Waals surface area contributed by atoms with Crippen LogP contribution >= 0.6 is 0 Å². The van der Waals surface area contributed by atoms with Gasteiger partial charge in [0.05, 0.1) is 5.92 Å². The molecule has 1 N–H and O–H groups in total. The average molecular weight is 427 g/mol. The number of hydrogen-bond acceptors (Lipinski definition) is 4. The first-order valence-corrected chi connectivity index (χ1v) is 11.8. The van der Waals surface area contributed by atoms with Gasteiger partial charge in [-0.25, -0.2) is 4.79 Å². The summed E-state index contributed by atoms with van der Waals surface area (Å²) < 4.78 is 0. The lowest BCUT2D eigenvalue weighted by atomic mass is 9.76. The lowest BCUT2D eigenvalue weighted by Gasteiger charge is -2.43. The quantitative estimate of drug-likeness (QED) is 0.710. The highest BCUT2D eigenvalue weighted by Gasteiger charge is 2.45. The van der Waals surface area contributed by atoms with E-state index in [1.807, 2.05) is 23.1 Å². The van der Waals surface area contributed by atoms with Gasteiger partial charge in [0.2, 0.25) is 11.8 Å². The van der Waals surface area contributed by atoms with Gasteiger partial charge in [0.15, 0.2) is 0 Å². The van der Waals surface area contributed by atoms with Crippen LogP contribution in [0.2, 0.25) is 0 Å². The van der Waals surface area contributed by atoms with Gasteiger partial charge in [-0.2, -0.15) is 0 Å². The molecule has 168 valence electrons. The molecule has 1 saturated carbocycles. The zero-order valence-corrected chi connectivity index (χ0v) is 18.5. The number of nitrogens with zero attached hydrogens (tertiary/aromatic N) is 3. The predicted octanol–water partition coefficient (Wildman–Crippen LogP) is 2.86. The number of anilines is 1. The molecule has 0 aromatic heterocycles. The molecule has 31 heavy (non-hydrogen) atoms. The molecule has 4 amide bonds. The van der Waals surface area contributed by atoms with Crippen molar-refractivity contribution >= 4 is 23.5 Å². The van der Waals surface area contributed by atoms with Crippen LogP contribution in [0, 0.1) is 11.8 Å². The zero-order chi connectivity index (χ0) is 21.8. The molecule has 1 aromatic carbocycles. The number of carbonyl (C=O) groups excluding carboxylic acids is 3. The van der Waals surface area contributed by atoms with Gasteiger partial charge < -0.3 is 15.1 Å². The Balaban J connectivity index is 1.30. The molecule has 4 rings (SSSR count). The van der Waals surface area contributed by atoms with Crippen LogP contribution in [0.5, 0.6) is 0 Å². The Morgan fingerprint density at radius 2 is 1.77 bits per heavy atom. The predicted molar refractivity (Wildman–Crippen MR) is 120 cm³/mol. The second-order valence-corrected chi connectivity index (χ2v) is 9.02. The summed E-state index contributed by atoms with van der Waals surface area (Å²) in [7, 11) is 0. The van der Waals surface area contributed by atoms with Crippen LogP contribution in [0.1, 0.15) is 45.4 Å². The minimum Gasteiger partial charge on any atom is -0.368 e. The minimum absolute atomic E-state index is 0.0489. The molecule has 3 atom stereocenters. The molecule has 7 heteroatoms. The number of piperazine rings is 1. The summed E-state index contributed by atoms with van der Waals surface area (Å²) in [6, 6.07) is 9.80. The first-order valence-electron chi connectivity index (χ1n) is 11.8.